The quantitative estimate of drug-likeness (QED) is 0.150. The summed E-state index contributed by atoms with van der Waals surface area (Å²) < 4.78 is 59.2. The van der Waals surface area contributed by atoms with Gasteiger partial charge in [0.25, 0.3) is 10.0 Å². The smallest absolute Gasteiger partial charge is 0.431 e. The summed E-state index contributed by atoms with van der Waals surface area (Å²) in [7, 11) is -3.99. The average Bonchev–Trinajstić information content (AvgIpc) is 3.00. The van der Waals surface area contributed by atoms with Gasteiger partial charge in [-0.25, -0.2) is 17.6 Å². The van der Waals surface area contributed by atoms with Crippen molar-refractivity contribution in [2.45, 2.75) is 44.7 Å². The Morgan fingerprint density at radius 3 is 2.51 bits per heavy atom. The van der Waals surface area contributed by atoms with Crippen LogP contribution in [0.25, 0.3) is 11.6 Å². The van der Waals surface area contributed by atoms with Gasteiger partial charge >= 0.3 is 12.1 Å². The van der Waals surface area contributed by atoms with Crippen molar-refractivity contribution in [3.63, 3.8) is 0 Å². The highest BCUT2D eigenvalue weighted by atomic mass is 35.5. The largest absolute Gasteiger partial charge is 0.511 e. The zero-order valence-electron chi connectivity index (χ0n) is 26.6. The van der Waals surface area contributed by atoms with E-state index in [1.54, 1.807) is 63.2 Å². The van der Waals surface area contributed by atoms with Gasteiger partial charge in [0.1, 0.15) is 5.82 Å². The molecule has 10 nitrogen and oxygen atoms in total. The highest BCUT2D eigenvalue weighted by Gasteiger charge is 2.40. The summed E-state index contributed by atoms with van der Waals surface area (Å²) in [4.78, 5) is 28.3. The fourth-order valence-electron chi connectivity index (χ4n) is 5.82. The number of allylic oxidation sites excluding steroid dienone is 1. The van der Waals surface area contributed by atoms with E-state index >= 15 is 0 Å². The number of aryl methyl sites for hydroxylation is 1. The highest BCUT2D eigenvalue weighted by Crippen LogP contribution is 2.41. The molecule has 0 aromatic heterocycles. The van der Waals surface area contributed by atoms with E-state index in [1.807, 2.05) is 30.0 Å². The molecule has 47 heavy (non-hydrogen) atoms. The average molecular weight is 686 g/mol. The van der Waals surface area contributed by atoms with Crippen LogP contribution < -0.4 is 9.21 Å². The van der Waals surface area contributed by atoms with Crippen LogP contribution in [-0.2, 0) is 29.0 Å². The number of fused-ring (bicyclic) bond motifs is 3. The molecule has 3 aromatic rings. The van der Waals surface area contributed by atoms with E-state index in [0.29, 0.717) is 36.5 Å². The van der Waals surface area contributed by atoms with Crippen molar-refractivity contribution in [1.82, 2.24) is 4.90 Å². The minimum Gasteiger partial charge on any atom is -0.431 e. The zero-order valence-corrected chi connectivity index (χ0v) is 28.2. The van der Waals surface area contributed by atoms with Crippen LogP contribution in [0.3, 0.4) is 0 Å². The molecule has 5 rings (SSSR count). The third-order valence-electron chi connectivity index (χ3n) is 7.92. The standard InChI is InChI=1S/C34H37ClFN3O7S/c1-22(2)46-34(41)45-21-44-32(40)20-37-13-14-38-26(18-37)19-39(47(42,43)27-8-5-7-23(3)15-27)31-17-25(11-12-30(31)38)16-24(4)33-28(35)9-6-10-29(33)36/h5-12,15-17,22,26H,13-14,18-21H2,1-4H3/b24-16+/t26-/m0/s1. The number of benzene rings is 3. The first-order valence-corrected chi connectivity index (χ1v) is 17.0. The Morgan fingerprint density at radius 1 is 1.02 bits per heavy atom. The number of anilines is 2. The number of sulfonamides is 1. The van der Waals surface area contributed by atoms with Gasteiger partial charge in [-0.1, -0.05) is 41.9 Å². The van der Waals surface area contributed by atoms with Gasteiger partial charge in [-0.2, -0.15) is 0 Å². The van der Waals surface area contributed by atoms with Crippen molar-refractivity contribution in [3.05, 3.63) is 88.2 Å². The van der Waals surface area contributed by atoms with E-state index in [9.17, 15) is 22.4 Å². The molecular formula is C34H37ClFN3O7S. The number of rotatable bonds is 9. The molecule has 0 N–H and O–H groups in total. The van der Waals surface area contributed by atoms with Crippen molar-refractivity contribution in [1.29, 1.82) is 0 Å². The SMILES string of the molecule is C/C(=C\c1ccc2c(c1)N(S(=O)(=O)c1cccc(C)c1)C[C@@H]1CN(CC(=O)OCOC(=O)OC(C)C)CCN21)c1c(F)cccc1Cl. The number of nitrogens with zero attached hydrogens (tertiary/aromatic N) is 3. The van der Waals surface area contributed by atoms with E-state index in [1.165, 1.54) is 10.4 Å². The van der Waals surface area contributed by atoms with Gasteiger partial charge in [-0.05, 0) is 80.8 Å². The monoisotopic (exact) mass is 685 g/mol. The number of hydrogen-bond donors (Lipinski definition) is 0. The van der Waals surface area contributed by atoms with Crippen LogP contribution in [0.15, 0.2) is 65.6 Å². The lowest BCUT2D eigenvalue weighted by Crippen LogP contribution is -2.61. The first-order chi connectivity index (χ1) is 22.3. The maximum Gasteiger partial charge on any atom is 0.511 e. The number of ether oxygens (including phenoxy) is 3. The third kappa shape index (κ3) is 7.89. The number of carbonyl (C=O) groups is 2. The van der Waals surface area contributed by atoms with Crippen molar-refractivity contribution in [2.75, 3.05) is 48.7 Å². The molecule has 0 bridgehead atoms. The Labute approximate surface area is 279 Å². The third-order valence-corrected chi connectivity index (χ3v) is 10.0. The predicted molar refractivity (Wildman–Crippen MR) is 178 cm³/mol. The van der Waals surface area contributed by atoms with Gasteiger partial charge in [0.05, 0.1) is 46.5 Å². The van der Waals surface area contributed by atoms with Crippen LogP contribution in [0.4, 0.5) is 20.6 Å². The van der Waals surface area contributed by atoms with Crippen molar-refractivity contribution in [2.24, 2.45) is 0 Å². The molecule has 1 atom stereocenters. The summed E-state index contributed by atoms with van der Waals surface area (Å²) in [6.07, 6.45) is 0.487. The van der Waals surface area contributed by atoms with Crippen LogP contribution in [0, 0.1) is 12.7 Å². The molecule has 2 aliphatic heterocycles. The zero-order chi connectivity index (χ0) is 33.9. The lowest BCUT2D eigenvalue weighted by atomic mass is 10.0. The van der Waals surface area contributed by atoms with E-state index in [0.717, 1.165) is 11.3 Å². The molecule has 0 radical (unpaired) electrons. The summed E-state index contributed by atoms with van der Waals surface area (Å²) in [5.41, 5.74) is 3.61. The fourth-order valence-corrected chi connectivity index (χ4v) is 7.75. The van der Waals surface area contributed by atoms with Gasteiger partial charge in [0, 0.05) is 25.2 Å². The molecule has 2 aliphatic rings. The molecule has 0 aliphatic carbocycles. The molecule has 250 valence electrons. The van der Waals surface area contributed by atoms with E-state index in [4.69, 9.17) is 25.8 Å². The van der Waals surface area contributed by atoms with Crippen molar-refractivity contribution in [3.8, 4) is 0 Å². The molecule has 1 fully saturated rings. The first kappa shape index (κ1) is 34.2. The van der Waals surface area contributed by atoms with Gasteiger partial charge in [-0.3, -0.25) is 14.0 Å². The van der Waals surface area contributed by atoms with E-state index in [-0.39, 0.29) is 40.7 Å². The molecule has 1 saturated heterocycles. The number of halogens is 2. The van der Waals surface area contributed by atoms with Gasteiger partial charge < -0.3 is 19.1 Å². The minimum absolute atomic E-state index is 0.0635. The number of esters is 1. The number of piperazine rings is 1. The maximum absolute atomic E-state index is 14.7. The second-order valence-corrected chi connectivity index (χ2v) is 14.1. The molecule has 0 unspecified atom stereocenters. The predicted octanol–water partition coefficient (Wildman–Crippen LogP) is 6.11. The lowest BCUT2D eigenvalue weighted by Gasteiger charge is -2.49. The normalized spacial score (nSPS) is 16.8. The Hall–Kier alpha value is -4.13. The molecule has 0 spiro atoms. The Balaban J connectivity index is 1.41. The Bertz CT molecular complexity index is 1780. The van der Waals surface area contributed by atoms with Crippen LogP contribution >= 0.6 is 11.6 Å². The van der Waals surface area contributed by atoms with Crippen LogP contribution in [-0.4, -0.2) is 77.1 Å². The Kier molecular flexibility index (Phi) is 10.4. The first-order valence-electron chi connectivity index (χ1n) is 15.2. The van der Waals surface area contributed by atoms with Crippen molar-refractivity contribution >= 4 is 56.8 Å². The summed E-state index contributed by atoms with van der Waals surface area (Å²) in [6.45, 7) is 7.86. The summed E-state index contributed by atoms with van der Waals surface area (Å²) in [6, 6.07) is 16.5. The second kappa shape index (κ2) is 14.3. The molecule has 0 amide bonds. The molecule has 2 heterocycles. The van der Waals surface area contributed by atoms with Crippen LogP contribution in [0.1, 0.15) is 37.5 Å². The summed E-state index contributed by atoms with van der Waals surface area (Å²) >= 11 is 6.31. The van der Waals surface area contributed by atoms with Crippen molar-refractivity contribution < 1.29 is 36.6 Å². The van der Waals surface area contributed by atoms with Gasteiger partial charge in [0.15, 0.2) is 0 Å². The summed E-state index contributed by atoms with van der Waals surface area (Å²) in [5, 5.41) is 0.283. The van der Waals surface area contributed by atoms with Crippen LogP contribution in [0.5, 0.6) is 0 Å². The lowest BCUT2D eigenvalue weighted by molar-refractivity contribution is -0.155. The topological polar surface area (TPSA) is 106 Å². The van der Waals surface area contributed by atoms with E-state index < -0.39 is 34.8 Å². The maximum atomic E-state index is 14.7. The number of hydrogen-bond acceptors (Lipinski definition) is 9. The highest BCUT2D eigenvalue weighted by molar-refractivity contribution is 7.92. The Morgan fingerprint density at radius 2 is 1.79 bits per heavy atom. The van der Waals surface area contributed by atoms with Crippen LogP contribution in [0.2, 0.25) is 5.02 Å². The minimum atomic E-state index is -3.99. The van der Waals surface area contributed by atoms with Gasteiger partial charge in [-0.15, -0.1) is 0 Å². The molecular weight excluding hydrogens is 649 g/mol. The van der Waals surface area contributed by atoms with Gasteiger partial charge in [0.2, 0.25) is 6.79 Å². The molecule has 0 saturated carbocycles. The second-order valence-electron chi connectivity index (χ2n) is 11.8. The number of carbonyl (C=O) groups excluding carboxylic acids is 2. The fraction of sp³-hybridized carbons (Fsp3) is 0.353. The summed E-state index contributed by atoms with van der Waals surface area (Å²) in [5.74, 6) is -1.03. The molecule has 3 aromatic carbocycles. The molecule has 13 heteroatoms. The van der Waals surface area contributed by atoms with E-state index in [2.05, 4.69) is 4.90 Å².